The lowest BCUT2D eigenvalue weighted by atomic mass is 9.44. The van der Waals surface area contributed by atoms with Gasteiger partial charge in [0.05, 0.1) is 6.42 Å². The molecule has 3 nitrogen and oxygen atoms in total. The Kier molecular flexibility index (Phi) is 3.05. The molecule has 0 aromatic heterocycles. The summed E-state index contributed by atoms with van der Waals surface area (Å²) in [5.74, 6) is 1.46. The van der Waals surface area contributed by atoms with Crippen molar-refractivity contribution in [3.05, 3.63) is 24.3 Å². The number of rotatable bonds is 4. The molecule has 19 heavy (non-hydrogen) atoms. The minimum Gasteiger partial charge on any atom is -0.481 e. The zero-order valence-corrected chi connectivity index (χ0v) is 11.3. The van der Waals surface area contributed by atoms with E-state index in [1.807, 2.05) is 0 Å². The molecule has 0 unspecified atom stereocenters. The molecule has 2 saturated carbocycles. The fourth-order valence-electron chi connectivity index (χ4n) is 5.07. The van der Waals surface area contributed by atoms with Gasteiger partial charge in [-0.25, -0.2) is 0 Å². The van der Waals surface area contributed by atoms with Gasteiger partial charge in [-0.15, -0.1) is 6.58 Å². The summed E-state index contributed by atoms with van der Waals surface area (Å²) in [6.07, 6.45) is 9.09. The van der Waals surface area contributed by atoms with E-state index in [4.69, 9.17) is 5.73 Å². The molecular formula is C16H23NO2. The van der Waals surface area contributed by atoms with Crippen LogP contribution in [0.1, 0.15) is 32.1 Å². The van der Waals surface area contributed by atoms with Gasteiger partial charge in [-0.3, -0.25) is 4.79 Å². The molecule has 2 fully saturated rings. The number of aliphatic carboxylic acids is 1. The maximum absolute atomic E-state index is 11.2. The van der Waals surface area contributed by atoms with Crippen molar-refractivity contribution in [2.75, 3.05) is 6.54 Å². The molecule has 0 saturated heterocycles. The average Bonchev–Trinajstić information content (AvgIpc) is 2.67. The summed E-state index contributed by atoms with van der Waals surface area (Å²) in [6.45, 7) is 4.46. The van der Waals surface area contributed by atoms with E-state index in [0.29, 0.717) is 30.2 Å². The van der Waals surface area contributed by atoms with Crippen LogP contribution < -0.4 is 5.73 Å². The van der Waals surface area contributed by atoms with Crippen LogP contribution in [0.5, 0.6) is 0 Å². The second-order valence-corrected chi connectivity index (χ2v) is 6.54. The lowest BCUT2D eigenvalue weighted by Gasteiger charge is -2.59. The molecule has 3 heteroatoms. The van der Waals surface area contributed by atoms with E-state index in [1.54, 1.807) is 5.57 Å². The molecule has 0 amide bonds. The molecule has 0 heterocycles. The molecule has 0 bridgehead atoms. The van der Waals surface area contributed by atoms with Crippen molar-refractivity contribution in [3.8, 4) is 0 Å². The fraction of sp³-hybridized carbons (Fsp3) is 0.688. The molecule has 3 aliphatic rings. The van der Waals surface area contributed by atoms with Crippen LogP contribution in [0.15, 0.2) is 24.3 Å². The Morgan fingerprint density at radius 2 is 2.32 bits per heavy atom. The van der Waals surface area contributed by atoms with Gasteiger partial charge in [-0.1, -0.05) is 17.7 Å². The summed E-state index contributed by atoms with van der Waals surface area (Å²) in [5.41, 5.74) is 7.43. The number of carbonyl (C=O) groups is 1. The number of allylic oxidation sites excluding steroid dienone is 3. The molecule has 0 aromatic carbocycles. The maximum Gasteiger partial charge on any atom is 0.303 e. The van der Waals surface area contributed by atoms with E-state index in [0.717, 1.165) is 25.7 Å². The van der Waals surface area contributed by atoms with Crippen LogP contribution in [0.2, 0.25) is 0 Å². The van der Waals surface area contributed by atoms with Crippen molar-refractivity contribution in [3.63, 3.8) is 0 Å². The fourth-order valence-corrected chi connectivity index (χ4v) is 5.07. The monoisotopic (exact) mass is 261 g/mol. The first kappa shape index (κ1) is 12.9. The molecule has 3 N–H and O–H groups in total. The highest BCUT2D eigenvalue weighted by atomic mass is 16.4. The molecule has 0 aromatic rings. The van der Waals surface area contributed by atoms with Crippen LogP contribution in [0.4, 0.5) is 0 Å². The van der Waals surface area contributed by atoms with Crippen LogP contribution in [-0.2, 0) is 4.79 Å². The summed E-state index contributed by atoms with van der Waals surface area (Å²) < 4.78 is 0. The van der Waals surface area contributed by atoms with Crippen molar-refractivity contribution in [2.45, 2.75) is 32.1 Å². The topological polar surface area (TPSA) is 63.3 Å². The number of carboxylic acids is 1. The summed E-state index contributed by atoms with van der Waals surface area (Å²) >= 11 is 0. The highest BCUT2D eigenvalue weighted by Crippen LogP contribution is 2.67. The molecule has 3 aliphatic carbocycles. The van der Waals surface area contributed by atoms with E-state index in [1.165, 1.54) is 0 Å². The van der Waals surface area contributed by atoms with Crippen molar-refractivity contribution in [2.24, 2.45) is 34.8 Å². The third-order valence-corrected chi connectivity index (χ3v) is 5.95. The van der Waals surface area contributed by atoms with Crippen molar-refractivity contribution in [1.29, 1.82) is 0 Å². The van der Waals surface area contributed by atoms with Crippen molar-refractivity contribution < 1.29 is 9.90 Å². The van der Waals surface area contributed by atoms with Crippen LogP contribution in [0, 0.1) is 29.1 Å². The van der Waals surface area contributed by atoms with E-state index in [2.05, 4.69) is 18.7 Å². The number of hydrogen-bond acceptors (Lipinski definition) is 2. The Morgan fingerprint density at radius 1 is 1.53 bits per heavy atom. The van der Waals surface area contributed by atoms with Crippen molar-refractivity contribution in [1.82, 2.24) is 0 Å². The number of carboxylic acid groups (broad SMARTS) is 1. The van der Waals surface area contributed by atoms with Crippen LogP contribution >= 0.6 is 0 Å². The first-order chi connectivity index (χ1) is 9.12. The molecular weight excluding hydrogens is 238 g/mol. The first-order valence-electron chi connectivity index (χ1n) is 7.35. The van der Waals surface area contributed by atoms with E-state index in [-0.39, 0.29) is 11.8 Å². The van der Waals surface area contributed by atoms with E-state index >= 15 is 0 Å². The standard InChI is InChI=1S/C16H23NO2/c1-2-10-3-5-12-15-11(7-10)4-6-13(15)16(12,9-17)8-14(18)19/h2,4,10,12-13,15H,1,3,5-9,17H2,(H,18,19)/t10-,12+,13-,15-,16-/m1/s1. The highest BCUT2D eigenvalue weighted by molar-refractivity contribution is 5.68. The first-order valence-corrected chi connectivity index (χ1v) is 7.35. The largest absolute Gasteiger partial charge is 0.481 e. The van der Waals surface area contributed by atoms with E-state index in [9.17, 15) is 9.90 Å². The van der Waals surface area contributed by atoms with Gasteiger partial charge in [0.25, 0.3) is 0 Å². The van der Waals surface area contributed by atoms with Gasteiger partial charge < -0.3 is 10.8 Å². The van der Waals surface area contributed by atoms with Gasteiger partial charge in [0.2, 0.25) is 0 Å². The number of hydrogen-bond donors (Lipinski definition) is 2. The Bertz CT molecular complexity index is 442. The van der Waals surface area contributed by atoms with Gasteiger partial charge in [-0.05, 0) is 55.9 Å². The summed E-state index contributed by atoms with van der Waals surface area (Å²) in [4.78, 5) is 11.2. The lowest BCUT2D eigenvalue weighted by molar-refractivity contribution is -0.154. The molecule has 0 spiro atoms. The minimum atomic E-state index is -0.693. The van der Waals surface area contributed by atoms with Gasteiger partial charge in [-0.2, -0.15) is 0 Å². The summed E-state index contributed by atoms with van der Waals surface area (Å²) in [7, 11) is 0. The highest BCUT2D eigenvalue weighted by Gasteiger charge is 2.63. The third kappa shape index (κ3) is 1.71. The summed E-state index contributed by atoms with van der Waals surface area (Å²) in [5, 5.41) is 9.24. The SMILES string of the molecule is C=C[C@@H]1CC[C@H]2[C@H]3C(=CC[C@H]3[C@@]2(CN)CC(=O)O)C1. The van der Waals surface area contributed by atoms with Gasteiger partial charge >= 0.3 is 5.97 Å². The van der Waals surface area contributed by atoms with Gasteiger partial charge in [0, 0.05) is 5.41 Å². The minimum absolute atomic E-state index is 0.148. The zero-order valence-electron chi connectivity index (χ0n) is 11.3. The molecule has 104 valence electrons. The number of nitrogens with two attached hydrogens (primary N) is 1. The lowest BCUT2D eigenvalue weighted by Crippen LogP contribution is -2.59. The Balaban J connectivity index is 1.89. The van der Waals surface area contributed by atoms with Gasteiger partial charge in [0.1, 0.15) is 0 Å². The zero-order chi connectivity index (χ0) is 13.6. The molecule has 0 aliphatic heterocycles. The predicted molar refractivity (Wildman–Crippen MR) is 74.4 cm³/mol. The Hall–Kier alpha value is -1.09. The van der Waals surface area contributed by atoms with Crippen LogP contribution in [0.25, 0.3) is 0 Å². The van der Waals surface area contributed by atoms with Crippen molar-refractivity contribution >= 4 is 5.97 Å². The van der Waals surface area contributed by atoms with E-state index < -0.39 is 5.97 Å². The predicted octanol–water partition coefficient (Wildman–Crippen LogP) is 2.58. The van der Waals surface area contributed by atoms with Gasteiger partial charge in [0.15, 0.2) is 0 Å². The second kappa shape index (κ2) is 4.48. The average molecular weight is 261 g/mol. The normalized spacial score (nSPS) is 43.7. The van der Waals surface area contributed by atoms with Crippen LogP contribution in [0.3, 0.4) is 0 Å². The maximum atomic E-state index is 11.2. The molecule has 3 rings (SSSR count). The Morgan fingerprint density at radius 3 is 2.95 bits per heavy atom. The smallest absolute Gasteiger partial charge is 0.303 e. The molecule has 0 radical (unpaired) electrons. The van der Waals surface area contributed by atoms with Crippen LogP contribution in [-0.4, -0.2) is 17.6 Å². The quantitative estimate of drug-likeness (QED) is 0.765. The summed E-state index contributed by atoms with van der Waals surface area (Å²) in [6, 6.07) is 0. The second-order valence-electron chi connectivity index (χ2n) is 6.54. The Labute approximate surface area is 114 Å². The molecule has 5 atom stereocenters. The third-order valence-electron chi connectivity index (χ3n) is 5.95.